The van der Waals surface area contributed by atoms with Crippen LogP contribution < -0.4 is 5.32 Å². The topological polar surface area (TPSA) is 56.1 Å². The highest BCUT2D eigenvalue weighted by Gasteiger charge is 2.27. The van der Waals surface area contributed by atoms with Crippen LogP contribution in [0.25, 0.3) is 0 Å². The zero-order chi connectivity index (χ0) is 17.4. The summed E-state index contributed by atoms with van der Waals surface area (Å²) in [5, 5.41) is 2.51. The average Bonchev–Trinajstić information content (AvgIpc) is 2.94. The molecule has 0 aliphatic heterocycles. The van der Waals surface area contributed by atoms with Gasteiger partial charge in [-0.05, 0) is 5.56 Å². The summed E-state index contributed by atoms with van der Waals surface area (Å²) in [4.78, 5) is 15.6. The van der Waals surface area contributed by atoms with E-state index in [0.29, 0.717) is 13.0 Å². The van der Waals surface area contributed by atoms with E-state index in [9.17, 15) is 18.0 Å². The molecule has 130 valence electrons. The number of benzene rings is 1. The number of carbonyl (C=O) groups is 1. The smallest absolute Gasteiger partial charge is 0.362 e. The van der Waals surface area contributed by atoms with E-state index in [1.54, 1.807) is 6.20 Å². The Morgan fingerprint density at radius 2 is 2.00 bits per heavy atom. The van der Waals surface area contributed by atoms with Crippen molar-refractivity contribution in [1.29, 1.82) is 0 Å². The van der Waals surface area contributed by atoms with Gasteiger partial charge in [0.15, 0.2) is 0 Å². The highest BCUT2D eigenvalue weighted by Crippen LogP contribution is 2.14. The second kappa shape index (κ2) is 8.49. The van der Waals surface area contributed by atoms with E-state index in [0.717, 1.165) is 11.4 Å². The first-order valence-corrected chi connectivity index (χ1v) is 7.39. The molecule has 1 N–H and O–H groups in total. The van der Waals surface area contributed by atoms with Crippen LogP contribution in [-0.4, -0.2) is 41.4 Å². The molecule has 0 radical (unpaired) electrons. The summed E-state index contributed by atoms with van der Waals surface area (Å²) in [5.74, 6) is 0.204. The molecule has 2 aromatic rings. The molecule has 0 atom stereocenters. The maximum absolute atomic E-state index is 11.9. The van der Waals surface area contributed by atoms with Crippen LogP contribution in [0.5, 0.6) is 0 Å². The summed E-state index contributed by atoms with van der Waals surface area (Å²) < 4.78 is 42.0. The van der Waals surface area contributed by atoms with E-state index < -0.39 is 25.3 Å². The van der Waals surface area contributed by atoms with E-state index in [2.05, 4.69) is 15.0 Å². The number of imidazole rings is 1. The zero-order valence-corrected chi connectivity index (χ0v) is 12.9. The monoisotopic (exact) mass is 341 g/mol. The third kappa shape index (κ3) is 6.41. The predicted octanol–water partition coefficient (Wildman–Crippen LogP) is 2.17. The van der Waals surface area contributed by atoms with Crippen molar-refractivity contribution < 1.29 is 22.7 Å². The molecule has 0 unspecified atom stereocenters. The Hall–Kier alpha value is -2.35. The average molecular weight is 341 g/mol. The second-order valence-corrected chi connectivity index (χ2v) is 5.16. The van der Waals surface area contributed by atoms with Crippen LogP contribution in [0.15, 0.2) is 42.7 Å². The molecule has 1 aromatic carbocycles. The van der Waals surface area contributed by atoms with Crippen LogP contribution in [-0.2, 0) is 22.5 Å². The summed E-state index contributed by atoms with van der Waals surface area (Å²) in [6.45, 7) is -1.10. The first-order chi connectivity index (χ1) is 11.4. The van der Waals surface area contributed by atoms with Gasteiger partial charge in [0.2, 0.25) is 5.91 Å². The largest absolute Gasteiger partial charge is 0.411 e. The fourth-order valence-corrected chi connectivity index (χ4v) is 2.12. The van der Waals surface area contributed by atoms with Crippen molar-refractivity contribution >= 4 is 5.91 Å². The Balaban J connectivity index is 1.73. The van der Waals surface area contributed by atoms with Crippen molar-refractivity contribution in [3.63, 3.8) is 0 Å². The van der Waals surface area contributed by atoms with Crippen LogP contribution in [0.3, 0.4) is 0 Å². The minimum Gasteiger partial charge on any atom is -0.362 e. The lowest BCUT2D eigenvalue weighted by Crippen LogP contribution is -2.31. The van der Waals surface area contributed by atoms with Gasteiger partial charge in [-0.25, -0.2) is 4.98 Å². The molecular formula is C16H18F3N3O2. The van der Waals surface area contributed by atoms with Crippen LogP contribution in [0.1, 0.15) is 11.4 Å². The van der Waals surface area contributed by atoms with Crippen molar-refractivity contribution in [1.82, 2.24) is 14.9 Å². The van der Waals surface area contributed by atoms with Gasteiger partial charge in [-0.2, -0.15) is 13.2 Å². The summed E-state index contributed by atoms with van der Waals surface area (Å²) in [7, 11) is 0. The molecule has 0 aliphatic rings. The maximum Gasteiger partial charge on any atom is 0.411 e. The van der Waals surface area contributed by atoms with Crippen LogP contribution in [0, 0.1) is 0 Å². The van der Waals surface area contributed by atoms with Gasteiger partial charge in [0.1, 0.15) is 19.0 Å². The van der Waals surface area contributed by atoms with E-state index >= 15 is 0 Å². The quantitative estimate of drug-likeness (QED) is 0.801. The lowest BCUT2D eigenvalue weighted by atomic mass is 10.2. The molecule has 24 heavy (non-hydrogen) atoms. The molecule has 0 saturated carbocycles. The number of ether oxygens (including phenoxy) is 1. The molecule has 1 amide bonds. The number of carbonyl (C=O) groups excluding carboxylic acids is 1. The van der Waals surface area contributed by atoms with Crippen LogP contribution in [0.4, 0.5) is 13.2 Å². The molecule has 0 fully saturated rings. The molecule has 0 aliphatic carbocycles. The van der Waals surface area contributed by atoms with Gasteiger partial charge in [0.05, 0.1) is 0 Å². The molecule has 1 heterocycles. The third-order valence-corrected chi connectivity index (χ3v) is 3.17. The lowest BCUT2D eigenvalue weighted by Gasteiger charge is -2.10. The van der Waals surface area contributed by atoms with Gasteiger partial charge in [-0.3, -0.25) is 4.79 Å². The Morgan fingerprint density at radius 3 is 2.71 bits per heavy atom. The summed E-state index contributed by atoms with van der Waals surface area (Å²) in [6.07, 6.45) is -0.434. The van der Waals surface area contributed by atoms with Crippen molar-refractivity contribution in [2.45, 2.75) is 19.1 Å². The van der Waals surface area contributed by atoms with Gasteiger partial charge < -0.3 is 14.6 Å². The number of nitrogens with zero attached hydrogens (tertiary/aromatic N) is 2. The number of hydrogen-bond acceptors (Lipinski definition) is 3. The highest BCUT2D eigenvalue weighted by atomic mass is 19.4. The van der Waals surface area contributed by atoms with Crippen molar-refractivity contribution in [2.75, 3.05) is 19.8 Å². The van der Waals surface area contributed by atoms with E-state index in [1.165, 1.54) is 0 Å². The molecular weight excluding hydrogens is 323 g/mol. The Bertz CT molecular complexity index is 642. The third-order valence-electron chi connectivity index (χ3n) is 3.17. The minimum absolute atomic E-state index is 0.278. The maximum atomic E-state index is 11.9. The van der Waals surface area contributed by atoms with E-state index in [1.807, 2.05) is 41.1 Å². The second-order valence-electron chi connectivity index (χ2n) is 5.16. The number of rotatable bonds is 8. The van der Waals surface area contributed by atoms with Crippen LogP contribution in [0.2, 0.25) is 0 Å². The molecule has 1 aromatic heterocycles. The molecule has 0 spiro atoms. The zero-order valence-electron chi connectivity index (χ0n) is 12.9. The van der Waals surface area contributed by atoms with Gasteiger partial charge >= 0.3 is 6.18 Å². The number of alkyl halides is 3. The van der Waals surface area contributed by atoms with Gasteiger partial charge in [-0.1, -0.05) is 30.3 Å². The van der Waals surface area contributed by atoms with Gasteiger partial charge in [0.25, 0.3) is 0 Å². The van der Waals surface area contributed by atoms with E-state index in [-0.39, 0.29) is 6.54 Å². The highest BCUT2D eigenvalue weighted by molar-refractivity contribution is 5.77. The Kier molecular flexibility index (Phi) is 6.36. The normalized spacial score (nSPS) is 11.5. The van der Waals surface area contributed by atoms with Gasteiger partial charge in [-0.15, -0.1) is 0 Å². The number of nitrogens with one attached hydrogen (secondary N) is 1. The SMILES string of the molecule is O=C(COCC(F)(F)F)NCCc1nccn1Cc1ccccc1. The van der Waals surface area contributed by atoms with Crippen LogP contribution >= 0.6 is 0 Å². The number of aromatic nitrogens is 2. The predicted molar refractivity (Wildman–Crippen MR) is 81.4 cm³/mol. The Labute approximate surface area is 137 Å². The van der Waals surface area contributed by atoms with Crippen molar-refractivity contribution in [2.24, 2.45) is 0 Å². The molecule has 2 rings (SSSR count). The van der Waals surface area contributed by atoms with Gasteiger partial charge in [0, 0.05) is 31.9 Å². The molecule has 8 heteroatoms. The van der Waals surface area contributed by atoms with Crippen molar-refractivity contribution in [3.8, 4) is 0 Å². The van der Waals surface area contributed by atoms with Crippen molar-refractivity contribution in [3.05, 3.63) is 54.1 Å². The summed E-state index contributed by atoms with van der Waals surface area (Å²) in [5.41, 5.74) is 1.13. The molecule has 0 bridgehead atoms. The lowest BCUT2D eigenvalue weighted by molar-refractivity contribution is -0.175. The fraction of sp³-hybridized carbons (Fsp3) is 0.375. The molecule has 5 nitrogen and oxygen atoms in total. The minimum atomic E-state index is -4.43. The first kappa shape index (κ1) is 18.0. The number of halogens is 3. The van der Waals surface area contributed by atoms with E-state index in [4.69, 9.17) is 0 Å². The Morgan fingerprint density at radius 1 is 1.25 bits per heavy atom. The number of hydrogen-bond donors (Lipinski definition) is 1. The number of amides is 1. The molecule has 0 saturated heterocycles. The first-order valence-electron chi connectivity index (χ1n) is 7.39. The standard InChI is InChI=1S/C16H18F3N3O2/c17-16(18,19)12-24-11-15(23)21-7-6-14-20-8-9-22(14)10-13-4-2-1-3-5-13/h1-5,8-9H,6-7,10-12H2,(H,21,23). The summed E-state index contributed by atoms with van der Waals surface area (Å²) >= 11 is 0. The fourth-order valence-electron chi connectivity index (χ4n) is 2.12. The summed E-state index contributed by atoms with van der Waals surface area (Å²) in [6, 6.07) is 9.85.